The lowest BCUT2D eigenvalue weighted by Gasteiger charge is -2.31. The first kappa shape index (κ1) is 13.9. The third-order valence-corrected chi connectivity index (χ3v) is 4.42. The molecule has 0 saturated heterocycles. The smallest absolute Gasteiger partial charge is 0.238 e. The van der Waals surface area contributed by atoms with Gasteiger partial charge in [-0.25, -0.2) is 0 Å². The van der Waals surface area contributed by atoms with Crippen molar-refractivity contribution in [2.24, 2.45) is 5.41 Å². The number of carbonyl (C=O) groups excluding carboxylic acids is 2. The maximum atomic E-state index is 12.7. The average molecular weight is 284 g/mol. The van der Waals surface area contributed by atoms with Crippen molar-refractivity contribution in [2.75, 3.05) is 13.1 Å². The highest BCUT2D eigenvalue weighted by molar-refractivity contribution is 6.07. The largest absolute Gasteiger partial charge is 0.352 e. The van der Waals surface area contributed by atoms with Crippen LogP contribution in [0, 0.1) is 5.41 Å². The highest BCUT2D eigenvalue weighted by atomic mass is 16.2. The van der Waals surface area contributed by atoms with E-state index >= 15 is 0 Å². The molecule has 2 amide bonds. The molecule has 1 heterocycles. The molecule has 4 nitrogen and oxygen atoms in total. The molecular formula is C17H20N2O2. The fourth-order valence-corrected chi connectivity index (χ4v) is 2.97. The second-order valence-electron chi connectivity index (χ2n) is 5.83. The Labute approximate surface area is 124 Å². The predicted molar refractivity (Wildman–Crippen MR) is 80.4 cm³/mol. The summed E-state index contributed by atoms with van der Waals surface area (Å²) in [6.07, 6.45) is 3.82. The van der Waals surface area contributed by atoms with E-state index in [0.717, 1.165) is 6.42 Å². The summed E-state index contributed by atoms with van der Waals surface area (Å²) in [6, 6.07) is 8.20. The van der Waals surface area contributed by atoms with E-state index in [9.17, 15) is 9.59 Å². The Kier molecular flexibility index (Phi) is 3.53. The monoisotopic (exact) mass is 284 g/mol. The Morgan fingerprint density at radius 1 is 1.29 bits per heavy atom. The number of hydrogen-bond donors (Lipinski definition) is 1. The molecule has 0 unspecified atom stereocenters. The lowest BCUT2D eigenvalue weighted by atomic mass is 9.97. The van der Waals surface area contributed by atoms with E-state index < -0.39 is 5.41 Å². The van der Waals surface area contributed by atoms with Gasteiger partial charge in [0.25, 0.3) is 0 Å². The summed E-state index contributed by atoms with van der Waals surface area (Å²) in [5, 5.41) is 2.77. The first-order valence-corrected chi connectivity index (χ1v) is 7.43. The second-order valence-corrected chi connectivity index (χ2v) is 5.83. The molecule has 110 valence electrons. The lowest BCUT2D eigenvalue weighted by molar-refractivity contribution is -0.144. The molecule has 1 fully saturated rings. The number of rotatable bonds is 4. The number of amides is 2. The van der Waals surface area contributed by atoms with Gasteiger partial charge in [0.2, 0.25) is 11.8 Å². The van der Waals surface area contributed by atoms with E-state index in [1.54, 1.807) is 6.08 Å². The van der Waals surface area contributed by atoms with Crippen molar-refractivity contribution in [1.29, 1.82) is 0 Å². The quantitative estimate of drug-likeness (QED) is 0.675. The molecule has 1 aromatic carbocycles. The summed E-state index contributed by atoms with van der Waals surface area (Å²) in [4.78, 5) is 26.8. The van der Waals surface area contributed by atoms with Crippen molar-refractivity contribution in [1.82, 2.24) is 10.2 Å². The van der Waals surface area contributed by atoms with Crippen molar-refractivity contribution < 1.29 is 9.59 Å². The molecule has 1 aliphatic carbocycles. The molecule has 1 aromatic rings. The Morgan fingerprint density at radius 3 is 2.67 bits per heavy atom. The Hall–Kier alpha value is -2.10. The molecule has 4 heteroatoms. The van der Waals surface area contributed by atoms with Crippen molar-refractivity contribution in [3.05, 3.63) is 48.0 Å². The van der Waals surface area contributed by atoms with Gasteiger partial charge in [0.05, 0.1) is 0 Å². The van der Waals surface area contributed by atoms with Crippen LogP contribution in [0.25, 0.3) is 0 Å². The van der Waals surface area contributed by atoms with Crippen LogP contribution in [0.3, 0.4) is 0 Å². The minimum absolute atomic E-state index is 0.0152. The molecule has 3 rings (SSSR count). The molecule has 0 atom stereocenters. The van der Waals surface area contributed by atoms with Crippen LogP contribution in [0.5, 0.6) is 0 Å². The van der Waals surface area contributed by atoms with E-state index in [4.69, 9.17) is 0 Å². The maximum Gasteiger partial charge on any atom is 0.238 e. The van der Waals surface area contributed by atoms with Gasteiger partial charge < -0.3 is 10.2 Å². The summed E-state index contributed by atoms with van der Waals surface area (Å²) in [7, 11) is 0. The van der Waals surface area contributed by atoms with Crippen molar-refractivity contribution in [2.45, 2.75) is 25.8 Å². The zero-order chi connectivity index (χ0) is 14.9. The SMILES string of the molecule is C=CCNC(=O)C1(C(=O)N2CCc3ccccc3C2)CC1. The van der Waals surface area contributed by atoms with Gasteiger partial charge >= 0.3 is 0 Å². The number of carbonyl (C=O) groups is 2. The van der Waals surface area contributed by atoms with E-state index in [1.807, 2.05) is 17.0 Å². The van der Waals surface area contributed by atoms with Crippen molar-refractivity contribution in [3.63, 3.8) is 0 Å². The Balaban J connectivity index is 1.72. The number of nitrogens with zero attached hydrogens (tertiary/aromatic N) is 1. The zero-order valence-corrected chi connectivity index (χ0v) is 12.1. The first-order chi connectivity index (χ1) is 10.2. The number of benzene rings is 1. The number of nitrogens with one attached hydrogen (secondary N) is 1. The maximum absolute atomic E-state index is 12.7. The molecule has 1 aliphatic heterocycles. The van der Waals surface area contributed by atoms with Gasteiger partial charge in [-0.05, 0) is 30.4 Å². The summed E-state index contributed by atoms with van der Waals surface area (Å²) in [6.45, 7) is 5.32. The van der Waals surface area contributed by atoms with Crippen LogP contribution in [-0.2, 0) is 22.6 Å². The normalized spacial score (nSPS) is 18.6. The molecule has 1 N–H and O–H groups in total. The average Bonchev–Trinajstić information content (AvgIpc) is 3.33. The van der Waals surface area contributed by atoms with Crippen molar-refractivity contribution >= 4 is 11.8 Å². The lowest BCUT2D eigenvalue weighted by Crippen LogP contribution is -2.46. The van der Waals surface area contributed by atoms with Gasteiger partial charge in [0.1, 0.15) is 5.41 Å². The van der Waals surface area contributed by atoms with E-state index in [1.165, 1.54) is 11.1 Å². The van der Waals surface area contributed by atoms with E-state index in [0.29, 0.717) is 32.5 Å². The van der Waals surface area contributed by atoms with Crippen LogP contribution >= 0.6 is 0 Å². The number of fused-ring (bicyclic) bond motifs is 1. The second kappa shape index (κ2) is 5.35. The summed E-state index contributed by atoms with van der Waals surface area (Å²) < 4.78 is 0. The highest BCUT2D eigenvalue weighted by Crippen LogP contribution is 2.48. The van der Waals surface area contributed by atoms with Gasteiger partial charge in [0.15, 0.2) is 0 Å². The van der Waals surface area contributed by atoms with E-state index in [-0.39, 0.29) is 11.8 Å². The minimum atomic E-state index is -0.810. The van der Waals surface area contributed by atoms with E-state index in [2.05, 4.69) is 24.0 Å². The van der Waals surface area contributed by atoms with Crippen LogP contribution in [-0.4, -0.2) is 29.8 Å². The molecule has 0 spiro atoms. The fraction of sp³-hybridized carbons (Fsp3) is 0.412. The minimum Gasteiger partial charge on any atom is -0.352 e. The molecule has 0 bridgehead atoms. The molecule has 0 radical (unpaired) electrons. The number of hydrogen-bond acceptors (Lipinski definition) is 2. The fourth-order valence-electron chi connectivity index (χ4n) is 2.97. The highest BCUT2D eigenvalue weighted by Gasteiger charge is 2.57. The molecule has 2 aliphatic rings. The Bertz CT molecular complexity index is 590. The van der Waals surface area contributed by atoms with Crippen LogP contribution in [0.4, 0.5) is 0 Å². The molecule has 1 saturated carbocycles. The van der Waals surface area contributed by atoms with Crippen LogP contribution in [0.2, 0.25) is 0 Å². The standard InChI is InChI=1S/C17H20N2O2/c1-2-10-18-15(20)17(8-9-17)16(21)19-11-7-13-5-3-4-6-14(13)12-19/h2-6H,1,7-12H2,(H,18,20). The van der Waals surface area contributed by atoms with Crippen LogP contribution in [0.15, 0.2) is 36.9 Å². The van der Waals surface area contributed by atoms with Crippen LogP contribution in [0.1, 0.15) is 24.0 Å². The van der Waals surface area contributed by atoms with Gasteiger partial charge in [-0.3, -0.25) is 9.59 Å². The van der Waals surface area contributed by atoms with Gasteiger partial charge in [-0.2, -0.15) is 0 Å². The third-order valence-electron chi connectivity index (χ3n) is 4.42. The van der Waals surface area contributed by atoms with Gasteiger partial charge in [-0.15, -0.1) is 6.58 Å². The van der Waals surface area contributed by atoms with Crippen LogP contribution < -0.4 is 5.32 Å². The topological polar surface area (TPSA) is 49.4 Å². The Morgan fingerprint density at radius 2 is 2.00 bits per heavy atom. The molecule has 0 aromatic heterocycles. The first-order valence-electron chi connectivity index (χ1n) is 7.43. The van der Waals surface area contributed by atoms with Gasteiger partial charge in [-0.1, -0.05) is 30.3 Å². The summed E-state index contributed by atoms with van der Waals surface area (Å²) in [5.74, 6) is -0.162. The zero-order valence-electron chi connectivity index (χ0n) is 12.1. The molecule has 21 heavy (non-hydrogen) atoms. The molecular weight excluding hydrogens is 264 g/mol. The summed E-state index contributed by atoms with van der Waals surface area (Å²) >= 11 is 0. The third kappa shape index (κ3) is 2.46. The van der Waals surface area contributed by atoms with Gasteiger partial charge in [0, 0.05) is 19.6 Å². The summed E-state index contributed by atoms with van der Waals surface area (Å²) in [5.41, 5.74) is 1.69. The predicted octanol–water partition coefficient (Wildman–Crippen LogP) is 1.65. The van der Waals surface area contributed by atoms with Crippen molar-refractivity contribution in [3.8, 4) is 0 Å².